The minimum atomic E-state index is 1.31. The molecule has 0 unspecified atom stereocenters. The summed E-state index contributed by atoms with van der Waals surface area (Å²) < 4.78 is 0. The highest BCUT2D eigenvalue weighted by atomic mass is 14.2. The van der Waals surface area contributed by atoms with E-state index in [0.717, 1.165) is 0 Å². The van der Waals surface area contributed by atoms with Crippen LogP contribution in [0.5, 0.6) is 0 Å². The lowest BCUT2D eigenvalue weighted by molar-refractivity contribution is 1.25. The van der Waals surface area contributed by atoms with E-state index in [1.54, 1.807) is 0 Å². The second kappa shape index (κ2) is 8.84. The third-order valence-electron chi connectivity index (χ3n) is 9.13. The van der Waals surface area contributed by atoms with Crippen molar-refractivity contribution in [3.63, 3.8) is 0 Å². The maximum Gasteiger partial charge on any atom is -0.00259 e. The fourth-order valence-electron chi connectivity index (χ4n) is 6.64. The molecule has 0 bridgehead atoms. The van der Waals surface area contributed by atoms with Crippen LogP contribution in [-0.2, 0) is 0 Å². The smallest absolute Gasteiger partial charge is 0.00259 e. The lowest BCUT2D eigenvalue weighted by atomic mass is 9.82. The van der Waals surface area contributed by atoms with E-state index in [-0.39, 0.29) is 0 Å². The molecule has 6 aromatic rings. The molecule has 0 aromatic heterocycles. The van der Waals surface area contributed by atoms with Crippen LogP contribution in [0.4, 0.5) is 0 Å². The van der Waals surface area contributed by atoms with Crippen molar-refractivity contribution < 1.29 is 0 Å². The monoisotopic (exact) mass is 492 g/mol. The van der Waals surface area contributed by atoms with Crippen LogP contribution in [0.15, 0.2) is 72.8 Å². The Hall–Kier alpha value is -3.90. The minimum Gasteiger partial charge on any atom is -0.0616 e. The first-order valence-electron chi connectivity index (χ1n) is 13.7. The summed E-state index contributed by atoms with van der Waals surface area (Å²) in [7, 11) is 0. The Labute approximate surface area is 227 Å². The van der Waals surface area contributed by atoms with Crippen molar-refractivity contribution in [3.8, 4) is 22.3 Å². The highest BCUT2D eigenvalue weighted by molar-refractivity contribution is 6.26. The van der Waals surface area contributed by atoms with E-state index >= 15 is 0 Å². The summed E-state index contributed by atoms with van der Waals surface area (Å²) in [6, 6.07) is 27.6. The molecule has 6 rings (SSSR count). The van der Waals surface area contributed by atoms with Gasteiger partial charge in [0, 0.05) is 0 Å². The lowest BCUT2D eigenvalue weighted by Crippen LogP contribution is -1.98. The first kappa shape index (κ1) is 24.4. The molecule has 0 aliphatic carbocycles. The number of benzene rings is 6. The van der Waals surface area contributed by atoms with Crippen LogP contribution in [-0.4, -0.2) is 0 Å². The molecule has 0 aliphatic rings. The molecule has 0 amide bonds. The maximum atomic E-state index is 2.47. The fourth-order valence-corrected chi connectivity index (χ4v) is 6.64. The fraction of sp³-hybridized carbons (Fsp3) is 0.211. The van der Waals surface area contributed by atoms with Crippen molar-refractivity contribution in [2.24, 2.45) is 0 Å². The van der Waals surface area contributed by atoms with Gasteiger partial charge in [0.2, 0.25) is 0 Å². The second-order valence-electron chi connectivity index (χ2n) is 11.3. The average Bonchev–Trinajstić information content (AvgIpc) is 2.91. The van der Waals surface area contributed by atoms with Gasteiger partial charge in [0.25, 0.3) is 0 Å². The molecule has 38 heavy (non-hydrogen) atoms. The van der Waals surface area contributed by atoms with Crippen LogP contribution < -0.4 is 0 Å². The van der Waals surface area contributed by atoms with E-state index in [9.17, 15) is 0 Å². The molecule has 6 aromatic carbocycles. The number of aryl methyl sites for hydroxylation is 4. The van der Waals surface area contributed by atoms with E-state index in [1.807, 2.05) is 0 Å². The first-order chi connectivity index (χ1) is 18.2. The molecule has 188 valence electrons. The van der Waals surface area contributed by atoms with Gasteiger partial charge in [-0.3, -0.25) is 0 Å². The molecule has 0 heteroatoms. The quantitative estimate of drug-likeness (QED) is 0.211. The number of rotatable bonds is 2. The van der Waals surface area contributed by atoms with Gasteiger partial charge in [-0.2, -0.15) is 0 Å². The Morgan fingerprint density at radius 1 is 0.368 bits per heavy atom. The molecule has 0 saturated carbocycles. The number of hydrogen-bond acceptors (Lipinski definition) is 0. The number of hydrogen-bond donors (Lipinski definition) is 0. The molecule has 0 aliphatic heterocycles. The van der Waals surface area contributed by atoms with E-state index in [0.29, 0.717) is 0 Å². The summed E-state index contributed by atoms with van der Waals surface area (Å²) in [6.07, 6.45) is 0. The third kappa shape index (κ3) is 3.51. The molecular formula is C38H36. The van der Waals surface area contributed by atoms with Gasteiger partial charge < -0.3 is 0 Å². The largest absolute Gasteiger partial charge is 0.0616 e. The molecule has 0 fully saturated rings. The third-order valence-corrected chi connectivity index (χ3v) is 9.13. The van der Waals surface area contributed by atoms with Crippen molar-refractivity contribution in [1.82, 2.24) is 0 Å². The van der Waals surface area contributed by atoms with Crippen molar-refractivity contribution in [2.45, 2.75) is 55.4 Å². The number of fused-ring (bicyclic) bond motifs is 5. The van der Waals surface area contributed by atoms with Crippen LogP contribution >= 0.6 is 0 Å². The second-order valence-corrected chi connectivity index (χ2v) is 11.3. The Kier molecular flexibility index (Phi) is 5.69. The van der Waals surface area contributed by atoms with E-state index in [1.165, 1.54) is 99.1 Å². The van der Waals surface area contributed by atoms with Crippen molar-refractivity contribution in [1.29, 1.82) is 0 Å². The molecule has 0 radical (unpaired) electrons. The summed E-state index contributed by atoms with van der Waals surface area (Å²) in [5.41, 5.74) is 16.4. The Bertz CT molecular complexity index is 1740. The van der Waals surface area contributed by atoms with E-state index < -0.39 is 0 Å². The first-order valence-corrected chi connectivity index (χ1v) is 13.7. The normalized spacial score (nSPS) is 11.7. The zero-order valence-corrected chi connectivity index (χ0v) is 23.9. The summed E-state index contributed by atoms with van der Waals surface area (Å²) >= 11 is 0. The van der Waals surface area contributed by atoms with Crippen LogP contribution in [0.3, 0.4) is 0 Å². The van der Waals surface area contributed by atoms with Gasteiger partial charge in [0.15, 0.2) is 0 Å². The lowest BCUT2D eigenvalue weighted by Gasteiger charge is -2.21. The molecule has 0 N–H and O–H groups in total. The van der Waals surface area contributed by atoms with Gasteiger partial charge in [-0.1, -0.05) is 60.7 Å². The summed E-state index contributed by atoms with van der Waals surface area (Å²) in [5, 5.41) is 7.97. The predicted octanol–water partition coefficient (Wildman–Crippen LogP) is 10.9. The topological polar surface area (TPSA) is 0 Å². The molecule has 0 saturated heterocycles. The summed E-state index contributed by atoms with van der Waals surface area (Å²) in [6.45, 7) is 18.1. The van der Waals surface area contributed by atoms with Gasteiger partial charge in [0.1, 0.15) is 0 Å². The highest BCUT2D eigenvalue weighted by Gasteiger charge is 2.19. The molecule has 0 heterocycles. The Balaban J connectivity index is 1.85. The Morgan fingerprint density at radius 3 is 1.03 bits per heavy atom. The maximum absolute atomic E-state index is 2.47. The van der Waals surface area contributed by atoms with E-state index in [2.05, 4.69) is 128 Å². The van der Waals surface area contributed by atoms with Crippen molar-refractivity contribution in [3.05, 3.63) is 117 Å². The average molecular weight is 493 g/mol. The SMILES string of the molecule is Cc1cc(C)c(C)c(-c2cc3cc(-c4c(C)c(C)cc(C)c4C)c4ccccc4c3c3ccccc23)c1C. The van der Waals surface area contributed by atoms with Gasteiger partial charge in [0.05, 0.1) is 0 Å². The molecular weight excluding hydrogens is 456 g/mol. The highest BCUT2D eigenvalue weighted by Crippen LogP contribution is 2.45. The van der Waals surface area contributed by atoms with Gasteiger partial charge in [-0.05, 0) is 167 Å². The molecule has 0 spiro atoms. The van der Waals surface area contributed by atoms with E-state index in [4.69, 9.17) is 0 Å². The van der Waals surface area contributed by atoms with Crippen LogP contribution in [0.2, 0.25) is 0 Å². The Morgan fingerprint density at radius 2 is 0.684 bits per heavy atom. The zero-order valence-electron chi connectivity index (χ0n) is 23.9. The molecule has 0 atom stereocenters. The van der Waals surface area contributed by atoms with Gasteiger partial charge >= 0.3 is 0 Å². The zero-order chi connectivity index (χ0) is 26.9. The summed E-state index contributed by atoms with van der Waals surface area (Å²) in [5.74, 6) is 0. The molecule has 0 nitrogen and oxygen atoms in total. The van der Waals surface area contributed by atoms with Gasteiger partial charge in [-0.25, -0.2) is 0 Å². The predicted molar refractivity (Wildman–Crippen MR) is 168 cm³/mol. The van der Waals surface area contributed by atoms with Crippen LogP contribution in [0.1, 0.15) is 44.5 Å². The standard InChI is InChI=1S/C38H36/c1-21-17-22(2)26(6)36(25(21)5)34-19-29-20-35(37-27(7)23(3)18-24(4)28(37)8)31-14-10-12-16-33(31)38(29)32-15-11-9-13-30(32)34/h9-20H,1-8H3. The summed E-state index contributed by atoms with van der Waals surface area (Å²) in [4.78, 5) is 0. The van der Waals surface area contributed by atoms with Gasteiger partial charge in [-0.15, -0.1) is 0 Å². The van der Waals surface area contributed by atoms with Crippen molar-refractivity contribution in [2.75, 3.05) is 0 Å². The van der Waals surface area contributed by atoms with Crippen LogP contribution in [0.25, 0.3) is 54.6 Å². The van der Waals surface area contributed by atoms with Crippen LogP contribution in [0, 0.1) is 55.4 Å². The van der Waals surface area contributed by atoms with Crippen molar-refractivity contribution >= 4 is 32.3 Å². The minimum absolute atomic E-state index is 1.31.